The van der Waals surface area contributed by atoms with E-state index in [2.05, 4.69) is 33.2 Å². The Morgan fingerprint density at radius 3 is 2.72 bits per heavy atom. The first-order chi connectivity index (χ1) is 17.3. The molecule has 0 spiro atoms. The van der Waals surface area contributed by atoms with Crippen molar-refractivity contribution in [1.29, 1.82) is 0 Å². The van der Waals surface area contributed by atoms with E-state index in [4.69, 9.17) is 11.6 Å². The number of aryl methyl sites for hydroxylation is 1. The van der Waals surface area contributed by atoms with Crippen LogP contribution in [0.2, 0.25) is 5.02 Å². The molecule has 1 aromatic heterocycles. The van der Waals surface area contributed by atoms with Crippen LogP contribution in [0.4, 0.5) is 14.6 Å². The van der Waals surface area contributed by atoms with Gasteiger partial charge in [0.1, 0.15) is 28.9 Å². The van der Waals surface area contributed by atoms with Crippen LogP contribution in [0.3, 0.4) is 0 Å². The number of rotatable bonds is 5. The highest BCUT2D eigenvalue weighted by Crippen LogP contribution is 2.40. The van der Waals surface area contributed by atoms with Gasteiger partial charge in [-0.1, -0.05) is 42.4 Å². The minimum atomic E-state index is -0.699. The number of aromatic nitrogens is 2. The van der Waals surface area contributed by atoms with Crippen molar-refractivity contribution in [3.63, 3.8) is 0 Å². The zero-order valence-corrected chi connectivity index (χ0v) is 20.7. The number of halogens is 3. The van der Waals surface area contributed by atoms with Crippen molar-refractivity contribution in [2.75, 3.05) is 18.0 Å². The second-order valence-corrected chi connectivity index (χ2v) is 9.34. The smallest absolute Gasteiger partial charge is 0.246 e. The van der Waals surface area contributed by atoms with Gasteiger partial charge in [-0.15, -0.1) is 0 Å². The van der Waals surface area contributed by atoms with Gasteiger partial charge in [-0.25, -0.2) is 18.7 Å². The SMILES string of the molecule is C=CC(=O)N1C[C@@H]2[C@H]1CCN2c1nc(C)nc(/C(F)=C(\N=C)c2cccc3ccc(F)c(Cl)c23)c1C. The van der Waals surface area contributed by atoms with E-state index in [9.17, 15) is 9.18 Å². The van der Waals surface area contributed by atoms with Crippen molar-refractivity contribution in [3.8, 4) is 0 Å². The predicted octanol–water partition coefficient (Wildman–Crippen LogP) is 5.51. The molecule has 0 aliphatic carbocycles. The minimum Gasteiger partial charge on any atom is -0.349 e. The van der Waals surface area contributed by atoms with Gasteiger partial charge in [0, 0.05) is 29.6 Å². The second kappa shape index (κ2) is 9.09. The number of fused-ring (bicyclic) bond motifs is 2. The van der Waals surface area contributed by atoms with Crippen LogP contribution in [0.25, 0.3) is 22.3 Å². The molecule has 2 aliphatic heterocycles. The molecule has 6 nitrogen and oxygen atoms in total. The van der Waals surface area contributed by atoms with Crippen LogP contribution >= 0.6 is 11.6 Å². The predicted molar refractivity (Wildman–Crippen MR) is 139 cm³/mol. The molecule has 0 unspecified atom stereocenters. The molecule has 2 aromatic carbocycles. The Labute approximate surface area is 212 Å². The summed E-state index contributed by atoms with van der Waals surface area (Å²) in [6, 6.07) is 8.15. The van der Waals surface area contributed by atoms with E-state index in [0.29, 0.717) is 46.6 Å². The topological polar surface area (TPSA) is 61.7 Å². The highest BCUT2D eigenvalue weighted by Gasteiger charge is 2.49. The van der Waals surface area contributed by atoms with Gasteiger partial charge in [0.25, 0.3) is 0 Å². The van der Waals surface area contributed by atoms with Crippen molar-refractivity contribution in [2.45, 2.75) is 32.4 Å². The maximum atomic E-state index is 16.2. The third-order valence-corrected chi connectivity index (χ3v) is 7.39. The van der Waals surface area contributed by atoms with E-state index in [1.165, 1.54) is 12.1 Å². The number of amides is 1. The maximum absolute atomic E-state index is 16.2. The van der Waals surface area contributed by atoms with Crippen LogP contribution in [0.5, 0.6) is 0 Å². The summed E-state index contributed by atoms with van der Waals surface area (Å²) in [7, 11) is 0. The van der Waals surface area contributed by atoms with Gasteiger partial charge in [-0.05, 0) is 44.5 Å². The number of hydrogen-bond donors (Lipinski definition) is 0. The number of anilines is 1. The molecule has 0 bridgehead atoms. The van der Waals surface area contributed by atoms with Crippen molar-refractivity contribution in [3.05, 3.63) is 76.5 Å². The summed E-state index contributed by atoms with van der Waals surface area (Å²) in [5.74, 6) is -0.376. The van der Waals surface area contributed by atoms with Gasteiger partial charge in [-0.2, -0.15) is 0 Å². The number of carbonyl (C=O) groups excluding carboxylic acids is 1. The van der Waals surface area contributed by atoms with Gasteiger partial charge >= 0.3 is 0 Å². The summed E-state index contributed by atoms with van der Waals surface area (Å²) in [4.78, 5) is 29.0. The van der Waals surface area contributed by atoms with Crippen molar-refractivity contribution < 1.29 is 13.6 Å². The molecule has 9 heteroatoms. The molecule has 2 fully saturated rings. The maximum Gasteiger partial charge on any atom is 0.246 e. The first-order valence-electron chi connectivity index (χ1n) is 11.6. The largest absolute Gasteiger partial charge is 0.349 e. The lowest BCUT2D eigenvalue weighted by Crippen LogP contribution is -2.63. The lowest BCUT2D eigenvalue weighted by atomic mass is 9.96. The van der Waals surface area contributed by atoms with Gasteiger partial charge in [0.15, 0.2) is 5.83 Å². The molecule has 0 radical (unpaired) electrons. The first-order valence-corrected chi connectivity index (χ1v) is 11.9. The molecule has 3 heterocycles. The zero-order chi connectivity index (χ0) is 25.7. The fraction of sp³-hybridized carbons (Fsp3) is 0.259. The molecule has 5 rings (SSSR count). The number of nitrogens with zero attached hydrogens (tertiary/aromatic N) is 5. The lowest BCUT2D eigenvalue weighted by molar-refractivity contribution is -0.133. The third-order valence-electron chi connectivity index (χ3n) is 7.02. The number of likely N-dealkylation sites (tertiary alicyclic amines) is 1. The Kier molecular flexibility index (Phi) is 6.08. The van der Waals surface area contributed by atoms with Crippen LogP contribution in [0.1, 0.15) is 29.1 Å². The molecular formula is C27H24ClF2N5O. The molecule has 2 atom stereocenters. The summed E-state index contributed by atoms with van der Waals surface area (Å²) in [6.07, 6.45) is 2.12. The Morgan fingerprint density at radius 1 is 1.22 bits per heavy atom. The van der Waals surface area contributed by atoms with Crippen molar-refractivity contribution >= 4 is 52.3 Å². The number of hydrogen-bond acceptors (Lipinski definition) is 5. The molecular weight excluding hydrogens is 484 g/mol. The van der Waals surface area contributed by atoms with E-state index in [1.54, 1.807) is 43.0 Å². The highest BCUT2D eigenvalue weighted by molar-refractivity contribution is 6.36. The summed E-state index contributed by atoms with van der Waals surface area (Å²) in [6.45, 7) is 11.9. The average molecular weight is 508 g/mol. The molecule has 0 saturated carbocycles. The fourth-order valence-electron chi connectivity index (χ4n) is 5.25. The molecule has 2 aliphatic rings. The summed E-state index contributed by atoms with van der Waals surface area (Å²) >= 11 is 6.28. The van der Waals surface area contributed by atoms with Crippen molar-refractivity contribution in [2.24, 2.45) is 4.99 Å². The second-order valence-electron chi connectivity index (χ2n) is 8.97. The summed E-state index contributed by atoms with van der Waals surface area (Å²) in [5.41, 5.74) is 0.878. The fourth-order valence-corrected chi connectivity index (χ4v) is 5.53. The molecule has 3 aromatic rings. The average Bonchev–Trinajstić information content (AvgIpc) is 3.18. The minimum absolute atomic E-state index is 0.0761. The van der Waals surface area contributed by atoms with E-state index in [0.717, 1.165) is 6.42 Å². The molecule has 1 amide bonds. The highest BCUT2D eigenvalue weighted by atomic mass is 35.5. The van der Waals surface area contributed by atoms with Crippen LogP contribution in [0, 0.1) is 19.7 Å². The molecule has 36 heavy (non-hydrogen) atoms. The zero-order valence-electron chi connectivity index (χ0n) is 19.9. The van der Waals surface area contributed by atoms with Gasteiger partial charge < -0.3 is 9.80 Å². The number of benzene rings is 2. The molecule has 184 valence electrons. The standard InChI is InChI=1S/C27H24ClF2N5O/c1-5-21(36)35-13-20-19(35)11-12-34(20)27-14(2)25(32-15(3)33-27)24(30)26(31-4)17-8-6-7-16-9-10-18(29)23(28)22(16)17/h5-10,19-20H,1,4,11-13H2,2-3H3/b26-24+/t19-,20-/m1/s1. The van der Waals surface area contributed by atoms with Crippen molar-refractivity contribution in [1.82, 2.24) is 14.9 Å². The van der Waals surface area contributed by atoms with E-state index >= 15 is 4.39 Å². The Morgan fingerprint density at radius 2 is 2.00 bits per heavy atom. The van der Waals surface area contributed by atoms with Crippen LogP contribution < -0.4 is 4.90 Å². The Bertz CT molecular complexity index is 1470. The summed E-state index contributed by atoms with van der Waals surface area (Å²) in [5, 5.41) is 0.889. The lowest BCUT2D eigenvalue weighted by Gasteiger charge is -2.46. The number of carbonyl (C=O) groups is 1. The van der Waals surface area contributed by atoms with E-state index in [-0.39, 0.29) is 34.4 Å². The number of aliphatic imine (C=N–C) groups is 1. The van der Waals surface area contributed by atoms with Crippen LogP contribution in [-0.2, 0) is 4.79 Å². The van der Waals surface area contributed by atoms with Gasteiger partial charge in [0.2, 0.25) is 5.91 Å². The summed E-state index contributed by atoms with van der Waals surface area (Å²) < 4.78 is 30.5. The van der Waals surface area contributed by atoms with E-state index < -0.39 is 11.6 Å². The molecule has 0 N–H and O–H groups in total. The quantitative estimate of drug-likeness (QED) is 0.337. The first kappa shape index (κ1) is 24.1. The monoisotopic (exact) mass is 507 g/mol. The van der Waals surface area contributed by atoms with E-state index in [1.807, 2.05) is 0 Å². The Balaban J connectivity index is 1.61. The van der Waals surface area contributed by atoms with Gasteiger partial charge in [0.05, 0.1) is 17.1 Å². The van der Waals surface area contributed by atoms with Crippen LogP contribution in [0.15, 0.2) is 48.0 Å². The normalized spacial score (nSPS) is 19.6. The third kappa shape index (κ3) is 3.67. The Hall–Kier alpha value is -3.65. The van der Waals surface area contributed by atoms with Gasteiger partial charge in [-0.3, -0.25) is 9.79 Å². The van der Waals surface area contributed by atoms with Crippen LogP contribution in [-0.4, -0.2) is 52.7 Å². The molecule has 2 saturated heterocycles.